The summed E-state index contributed by atoms with van der Waals surface area (Å²) in [6.45, 7) is 0. The second-order valence-corrected chi connectivity index (χ2v) is 5.22. The van der Waals surface area contributed by atoms with Crippen molar-refractivity contribution in [3.05, 3.63) is 64.2 Å². The zero-order valence-electron chi connectivity index (χ0n) is 13.1. The number of phenolic OH excluding ortho intramolecular Hbond substituents is 1. The normalized spacial score (nSPS) is 10.6. The first-order valence-electron chi connectivity index (χ1n) is 6.93. The number of carbonyl (C=O) groups is 2. The van der Waals surface area contributed by atoms with Crippen molar-refractivity contribution >= 4 is 29.4 Å². The summed E-state index contributed by atoms with van der Waals surface area (Å²) < 4.78 is 9.70. The fourth-order valence-corrected chi connectivity index (χ4v) is 2.23. The fourth-order valence-electron chi connectivity index (χ4n) is 2.02. The molecule has 0 saturated heterocycles. The zero-order chi connectivity index (χ0) is 17.7. The third kappa shape index (κ3) is 3.94. The summed E-state index contributed by atoms with van der Waals surface area (Å²) in [6, 6.07) is 9.19. The molecule has 6 heteroatoms. The summed E-state index contributed by atoms with van der Waals surface area (Å²) in [5.74, 6) is -0.549. The van der Waals surface area contributed by atoms with E-state index >= 15 is 0 Å². The molecule has 5 nitrogen and oxygen atoms in total. The number of hydrogen-bond acceptors (Lipinski definition) is 5. The first-order valence-corrected chi connectivity index (χ1v) is 7.31. The van der Waals surface area contributed by atoms with Gasteiger partial charge in [0.2, 0.25) is 0 Å². The SMILES string of the molecule is COC(=O)c1cccc(C(=O)/C=C/c2cc(OC)cc(Cl)c2O)c1. The van der Waals surface area contributed by atoms with Crippen molar-refractivity contribution in [2.45, 2.75) is 0 Å². The van der Waals surface area contributed by atoms with Gasteiger partial charge in [0, 0.05) is 17.2 Å². The number of ether oxygens (including phenoxy) is 2. The largest absolute Gasteiger partial charge is 0.506 e. The number of allylic oxidation sites excluding steroid dienone is 1. The van der Waals surface area contributed by atoms with Crippen molar-refractivity contribution in [1.82, 2.24) is 0 Å². The molecule has 0 aliphatic rings. The Hall–Kier alpha value is -2.79. The maximum atomic E-state index is 12.2. The number of hydrogen-bond donors (Lipinski definition) is 1. The van der Waals surface area contributed by atoms with Crippen LogP contribution < -0.4 is 4.74 Å². The van der Waals surface area contributed by atoms with Gasteiger partial charge in [-0.25, -0.2) is 4.79 Å². The Morgan fingerprint density at radius 3 is 2.50 bits per heavy atom. The Bertz CT molecular complexity index is 811. The number of rotatable bonds is 5. The van der Waals surface area contributed by atoms with E-state index in [2.05, 4.69) is 4.74 Å². The topological polar surface area (TPSA) is 72.8 Å². The second kappa shape index (κ2) is 7.66. The van der Waals surface area contributed by atoms with Crippen molar-refractivity contribution in [2.75, 3.05) is 14.2 Å². The van der Waals surface area contributed by atoms with Crippen molar-refractivity contribution in [1.29, 1.82) is 0 Å². The summed E-state index contributed by atoms with van der Waals surface area (Å²) >= 11 is 5.90. The highest BCUT2D eigenvalue weighted by Gasteiger charge is 2.10. The Balaban J connectivity index is 2.28. The van der Waals surface area contributed by atoms with Crippen molar-refractivity contribution in [3.63, 3.8) is 0 Å². The van der Waals surface area contributed by atoms with E-state index in [9.17, 15) is 14.7 Å². The highest BCUT2D eigenvalue weighted by atomic mass is 35.5. The predicted octanol–water partition coefficient (Wildman–Crippen LogP) is 3.74. The first kappa shape index (κ1) is 17.6. The van der Waals surface area contributed by atoms with Gasteiger partial charge in [-0.1, -0.05) is 23.7 Å². The van der Waals surface area contributed by atoms with E-state index in [0.29, 0.717) is 16.9 Å². The quantitative estimate of drug-likeness (QED) is 0.507. The van der Waals surface area contributed by atoms with Crippen molar-refractivity contribution in [2.24, 2.45) is 0 Å². The number of benzene rings is 2. The van der Waals surface area contributed by atoms with Crippen LogP contribution in [0.25, 0.3) is 6.08 Å². The molecular formula is C18H15ClO5. The Morgan fingerprint density at radius 2 is 1.83 bits per heavy atom. The highest BCUT2D eigenvalue weighted by Crippen LogP contribution is 2.33. The molecule has 0 aromatic heterocycles. The van der Waals surface area contributed by atoms with Gasteiger partial charge in [-0.05, 0) is 30.4 Å². The van der Waals surface area contributed by atoms with Gasteiger partial charge in [-0.3, -0.25) is 4.79 Å². The van der Waals surface area contributed by atoms with E-state index in [1.807, 2.05) is 0 Å². The van der Waals surface area contributed by atoms with E-state index < -0.39 is 5.97 Å². The molecule has 0 bridgehead atoms. The molecule has 0 aliphatic heterocycles. The number of carbonyl (C=O) groups excluding carboxylic acids is 2. The minimum Gasteiger partial charge on any atom is -0.506 e. The van der Waals surface area contributed by atoms with Crippen molar-refractivity contribution in [3.8, 4) is 11.5 Å². The molecule has 0 atom stereocenters. The third-order valence-corrected chi connectivity index (χ3v) is 3.57. The first-order chi connectivity index (χ1) is 11.5. The molecule has 1 N–H and O–H groups in total. The van der Waals surface area contributed by atoms with Crippen LogP contribution in [0.15, 0.2) is 42.5 Å². The van der Waals surface area contributed by atoms with Gasteiger partial charge in [-0.2, -0.15) is 0 Å². The summed E-state index contributed by atoms with van der Waals surface area (Å²) in [5, 5.41) is 10.1. The van der Waals surface area contributed by atoms with Crippen LogP contribution in [0, 0.1) is 0 Å². The van der Waals surface area contributed by atoms with Gasteiger partial charge in [0.25, 0.3) is 0 Å². The molecule has 0 saturated carbocycles. The van der Waals surface area contributed by atoms with Crippen LogP contribution in [0.1, 0.15) is 26.3 Å². The van der Waals surface area contributed by atoms with Crippen LogP contribution >= 0.6 is 11.6 Å². The Kier molecular flexibility index (Phi) is 5.60. The average Bonchev–Trinajstić information content (AvgIpc) is 2.61. The minimum absolute atomic E-state index is 0.120. The zero-order valence-corrected chi connectivity index (χ0v) is 13.8. The molecule has 24 heavy (non-hydrogen) atoms. The van der Waals surface area contributed by atoms with Gasteiger partial charge in [0.05, 0.1) is 24.8 Å². The molecule has 2 aromatic rings. The van der Waals surface area contributed by atoms with Crippen LogP contribution in [0.5, 0.6) is 11.5 Å². The Labute approximate surface area is 144 Å². The smallest absolute Gasteiger partial charge is 0.337 e. The monoisotopic (exact) mass is 346 g/mol. The number of methoxy groups -OCH3 is 2. The summed E-state index contributed by atoms with van der Waals surface area (Å²) in [7, 11) is 2.74. The van der Waals surface area contributed by atoms with Crippen LogP contribution in [0.2, 0.25) is 5.02 Å². The van der Waals surface area contributed by atoms with Gasteiger partial charge in [0.1, 0.15) is 11.5 Å². The van der Waals surface area contributed by atoms with Crippen LogP contribution in [0.4, 0.5) is 0 Å². The predicted molar refractivity (Wildman–Crippen MR) is 90.8 cm³/mol. The van der Waals surface area contributed by atoms with E-state index in [-0.39, 0.29) is 22.1 Å². The van der Waals surface area contributed by atoms with Gasteiger partial charge in [-0.15, -0.1) is 0 Å². The van der Waals surface area contributed by atoms with Gasteiger partial charge < -0.3 is 14.6 Å². The molecule has 0 spiro atoms. The lowest BCUT2D eigenvalue weighted by atomic mass is 10.1. The summed E-state index contributed by atoms with van der Waals surface area (Å²) in [4.78, 5) is 23.8. The third-order valence-electron chi connectivity index (χ3n) is 3.28. The molecular weight excluding hydrogens is 332 g/mol. The number of aromatic hydroxyl groups is 1. The molecule has 0 aliphatic carbocycles. The molecule has 0 unspecified atom stereocenters. The number of halogens is 1. The molecule has 0 fully saturated rings. The van der Waals surface area contributed by atoms with E-state index in [4.69, 9.17) is 16.3 Å². The van der Waals surface area contributed by atoms with E-state index in [0.717, 1.165) is 0 Å². The molecule has 0 heterocycles. The van der Waals surface area contributed by atoms with Crippen LogP contribution in [-0.4, -0.2) is 31.1 Å². The molecule has 0 amide bonds. The average molecular weight is 347 g/mol. The van der Waals surface area contributed by atoms with Crippen molar-refractivity contribution < 1.29 is 24.2 Å². The Morgan fingerprint density at radius 1 is 1.12 bits per heavy atom. The standard InChI is InChI=1S/C18H15ClO5/c1-23-14-9-12(17(21)15(19)10-14)6-7-16(20)11-4-3-5-13(8-11)18(22)24-2/h3-10,21H,1-2H3/b7-6+. The molecule has 0 radical (unpaired) electrons. The van der Waals surface area contributed by atoms with Gasteiger partial charge >= 0.3 is 5.97 Å². The summed E-state index contributed by atoms with van der Waals surface area (Å²) in [5.41, 5.74) is 0.948. The lowest BCUT2D eigenvalue weighted by molar-refractivity contribution is 0.0600. The van der Waals surface area contributed by atoms with E-state index in [1.165, 1.54) is 38.5 Å². The van der Waals surface area contributed by atoms with Crippen LogP contribution in [-0.2, 0) is 4.74 Å². The van der Waals surface area contributed by atoms with E-state index in [1.54, 1.807) is 24.3 Å². The highest BCUT2D eigenvalue weighted by molar-refractivity contribution is 6.32. The lowest BCUT2D eigenvalue weighted by Crippen LogP contribution is -2.03. The maximum Gasteiger partial charge on any atom is 0.337 e. The van der Waals surface area contributed by atoms with Gasteiger partial charge in [0.15, 0.2) is 5.78 Å². The number of phenols is 1. The lowest BCUT2D eigenvalue weighted by Gasteiger charge is -2.06. The molecule has 2 aromatic carbocycles. The maximum absolute atomic E-state index is 12.2. The minimum atomic E-state index is -0.522. The fraction of sp³-hybridized carbons (Fsp3) is 0.111. The second-order valence-electron chi connectivity index (χ2n) is 4.82. The number of esters is 1. The number of ketones is 1. The molecule has 124 valence electrons. The van der Waals surface area contributed by atoms with Crippen LogP contribution in [0.3, 0.4) is 0 Å². The molecule has 2 rings (SSSR count). The summed E-state index contributed by atoms with van der Waals surface area (Å²) in [6.07, 6.45) is 2.71.